The first-order valence-electron chi connectivity index (χ1n) is 6.66. The molecule has 108 valence electrons. The molecule has 2 aromatic rings. The van der Waals surface area contributed by atoms with Gasteiger partial charge in [-0.25, -0.2) is 14.3 Å². The van der Waals surface area contributed by atoms with Crippen LogP contribution in [0.15, 0.2) is 29.1 Å². The van der Waals surface area contributed by atoms with Crippen LogP contribution in [-0.2, 0) is 11.3 Å². The molecule has 0 spiro atoms. The summed E-state index contributed by atoms with van der Waals surface area (Å²) in [5, 5.41) is 6.46. The Labute approximate surface area is 116 Å². The summed E-state index contributed by atoms with van der Waals surface area (Å²) in [6, 6.07) is 6.17. The molecule has 1 aromatic carbocycles. The van der Waals surface area contributed by atoms with Crippen molar-refractivity contribution in [2.75, 3.05) is 6.61 Å². The first kappa shape index (κ1) is 14.5. The number of hydrogen-bond donors (Lipinski definition) is 1. The summed E-state index contributed by atoms with van der Waals surface area (Å²) in [4.78, 5) is 11.8. The lowest BCUT2D eigenvalue weighted by Gasteiger charge is -2.15. The molecule has 6 heteroatoms. The number of rotatable bonds is 6. The van der Waals surface area contributed by atoms with Crippen molar-refractivity contribution >= 4 is 0 Å². The van der Waals surface area contributed by atoms with Crippen LogP contribution >= 0.6 is 0 Å². The Kier molecular flexibility index (Phi) is 4.68. The van der Waals surface area contributed by atoms with Crippen LogP contribution in [0.4, 0.5) is 4.39 Å². The van der Waals surface area contributed by atoms with Gasteiger partial charge in [-0.05, 0) is 31.0 Å². The van der Waals surface area contributed by atoms with E-state index < -0.39 is 0 Å². The molecule has 0 saturated heterocycles. The molecular weight excluding hydrogens is 261 g/mol. The number of H-pyrrole nitrogens is 1. The second-order valence-corrected chi connectivity index (χ2v) is 4.46. The monoisotopic (exact) mass is 279 g/mol. The summed E-state index contributed by atoms with van der Waals surface area (Å²) in [6.45, 7) is 4.67. The summed E-state index contributed by atoms with van der Waals surface area (Å²) in [7, 11) is 0. The minimum Gasteiger partial charge on any atom is -0.371 e. The van der Waals surface area contributed by atoms with Crippen LogP contribution in [0.2, 0.25) is 0 Å². The number of nitrogens with zero attached hydrogens (tertiary/aromatic N) is 2. The van der Waals surface area contributed by atoms with Crippen LogP contribution in [0.25, 0.3) is 0 Å². The molecule has 1 atom stereocenters. The smallest absolute Gasteiger partial charge is 0.343 e. The normalized spacial score (nSPS) is 12.6. The number of nitrogens with one attached hydrogen (secondary N) is 1. The second-order valence-electron chi connectivity index (χ2n) is 4.46. The zero-order valence-electron chi connectivity index (χ0n) is 11.6. The van der Waals surface area contributed by atoms with Gasteiger partial charge in [-0.2, -0.15) is 5.10 Å². The molecule has 1 N–H and O–H groups in total. The van der Waals surface area contributed by atoms with Gasteiger partial charge in [0.2, 0.25) is 0 Å². The van der Waals surface area contributed by atoms with Gasteiger partial charge in [0.15, 0.2) is 5.82 Å². The maximum absolute atomic E-state index is 13.2. The number of halogens is 1. The molecule has 0 saturated carbocycles. The predicted octanol–water partition coefficient (Wildman–Crippen LogP) is 2.25. The van der Waals surface area contributed by atoms with Crippen LogP contribution in [0.1, 0.15) is 37.8 Å². The minimum absolute atomic E-state index is 0.243. The van der Waals surface area contributed by atoms with E-state index in [0.29, 0.717) is 24.4 Å². The second kappa shape index (κ2) is 6.47. The molecule has 5 nitrogen and oxygen atoms in total. The van der Waals surface area contributed by atoms with Gasteiger partial charge in [0, 0.05) is 6.61 Å². The first-order valence-corrected chi connectivity index (χ1v) is 6.66. The number of ether oxygens (including phenoxy) is 1. The van der Waals surface area contributed by atoms with Crippen molar-refractivity contribution in [2.24, 2.45) is 0 Å². The summed E-state index contributed by atoms with van der Waals surface area (Å²) in [5.74, 6) is 0.223. The summed E-state index contributed by atoms with van der Waals surface area (Å²) >= 11 is 0. The van der Waals surface area contributed by atoms with Crippen molar-refractivity contribution in [3.05, 3.63) is 52.0 Å². The molecule has 0 aliphatic carbocycles. The minimum atomic E-state index is -0.322. The number of aromatic nitrogens is 3. The average molecular weight is 279 g/mol. The van der Waals surface area contributed by atoms with E-state index in [0.717, 1.165) is 0 Å². The van der Waals surface area contributed by atoms with Crippen LogP contribution in [-0.4, -0.2) is 21.4 Å². The quantitative estimate of drug-likeness (QED) is 0.882. The number of benzene rings is 1. The van der Waals surface area contributed by atoms with Gasteiger partial charge in [0.1, 0.15) is 11.9 Å². The molecule has 0 unspecified atom stereocenters. The van der Waals surface area contributed by atoms with Crippen LogP contribution in [0, 0.1) is 5.82 Å². The van der Waals surface area contributed by atoms with Gasteiger partial charge < -0.3 is 4.74 Å². The Balaban J connectivity index is 2.32. The lowest BCUT2D eigenvalue weighted by Crippen LogP contribution is -2.22. The van der Waals surface area contributed by atoms with E-state index in [2.05, 4.69) is 10.2 Å². The topological polar surface area (TPSA) is 59.9 Å². The third-order valence-electron chi connectivity index (χ3n) is 3.04. The number of aromatic amines is 1. The summed E-state index contributed by atoms with van der Waals surface area (Å²) in [5.41, 5.74) is 0.392. The standard InChI is InChI=1S/C14H18FN3O2/c1-3-12(20-4-2)13-16-17-14(19)18(13)9-10-6-5-7-11(15)8-10/h5-8,12H,3-4,9H2,1-2H3,(H,17,19)/t12-/m0/s1. The maximum atomic E-state index is 13.2. The van der Waals surface area contributed by atoms with E-state index in [4.69, 9.17) is 4.74 Å². The van der Waals surface area contributed by atoms with Gasteiger partial charge in [-0.1, -0.05) is 19.1 Å². The first-order chi connectivity index (χ1) is 9.65. The SMILES string of the molecule is CCO[C@@H](CC)c1n[nH]c(=O)n1Cc1cccc(F)c1. The highest BCUT2D eigenvalue weighted by atomic mass is 19.1. The number of hydrogen-bond acceptors (Lipinski definition) is 3. The van der Waals surface area contributed by atoms with Crippen LogP contribution < -0.4 is 5.69 Å². The summed E-state index contributed by atoms with van der Waals surface area (Å²) in [6.07, 6.45) is 0.467. The van der Waals surface area contributed by atoms with E-state index in [1.54, 1.807) is 12.1 Å². The lowest BCUT2D eigenvalue weighted by atomic mass is 10.2. The molecule has 0 fully saturated rings. The van der Waals surface area contributed by atoms with Crippen LogP contribution in [0.3, 0.4) is 0 Å². The molecule has 2 rings (SSSR count). The summed E-state index contributed by atoms with van der Waals surface area (Å²) < 4.78 is 20.3. The van der Waals surface area contributed by atoms with E-state index in [9.17, 15) is 9.18 Å². The highest BCUT2D eigenvalue weighted by Gasteiger charge is 2.18. The zero-order chi connectivity index (χ0) is 14.5. The van der Waals surface area contributed by atoms with Gasteiger partial charge >= 0.3 is 5.69 Å². The van der Waals surface area contributed by atoms with Crippen molar-refractivity contribution in [2.45, 2.75) is 32.9 Å². The van der Waals surface area contributed by atoms with E-state index in [1.165, 1.54) is 16.7 Å². The van der Waals surface area contributed by atoms with E-state index in [-0.39, 0.29) is 24.2 Å². The van der Waals surface area contributed by atoms with Crippen molar-refractivity contribution in [3.8, 4) is 0 Å². The lowest BCUT2D eigenvalue weighted by molar-refractivity contribution is 0.0508. The van der Waals surface area contributed by atoms with E-state index >= 15 is 0 Å². The molecule has 1 heterocycles. The van der Waals surface area contributed by atoms with Crippen LogP contribution in [0.5, 0.6) is 0 Å². The van der Waals surface area contributed by atoms with Crippen molar-refractivity contribution in [3.63, 3.8) is 0 Å². The molecule has 1 aromatic heterocycles. The Morgan fingerprint density at radius 2 is 2.25 bits per heavy atom. The van der Waals surface area contributed by atoms with Crippen molar-refractivity contribution < 1.29 is 9.13 Å². The molecule has 20 heavy (non-hydrogen) atoms. The molecule has 0 aliphatic rings. The Bertz CT molecular complexity index is 621. The molecule has 0 radical (unpaired) electrons. The molecule has 0 aliphatic heterocycles. The van der Waals surface area contributed by atoms with Gasteiger partial charge in [0.05, 0.1) is 6.54 Å². The van der Waals surface area contributed by atoms with Gasteiger partial charge in [0.25, 0.3) is 0 Å². The molecule has 0 bridgehead atoms. The fourth-order valence-corrected chi connectivity index (χ4v) is 2.12. The highest BCUT2D eigenvalue weighted by molar-refractivity contribution is 5.17. The third-order valence-corrected chi connectivity index (χ3v) is 3.04. The van der Waals surface area contributed by atoms with Gasteiger partial charge in [-0.15, -0.1) is 0 Å². The predicted molar refractivity (Wildman–Crippen MR) is 73.0 cm³/mol. The van der Waals surface area contributed by atoms with Gasteiger partial charge in [-0.3, -0.25) is 4.57 Å². The van der Waals surface area contributed by atoms with Crippen molar-refractivity contribution in [1.29, 1.82) is 0 Å². The third kappa shape index (κ3) is 3.14. The molecule has 0 amide bonds. The highest BCUT2D eigenvalue weighted by Crippen LogP contribution is 2.18. The zero-order valence-corrected chi connectivity index (χ0v) is 11.6. The molecular formula is C14H18FN3O2. The Hall–Kier alpha value is -1.95. The fraction of sp³-hybridized carbons (Fsp3) is 0.429. The maximum Gasteiger partial charge on any atom is 0.343 e. The average Bonchev–Trinajstić information content (AvgIpc) is 2.78. The largest absolute Gasteiger partial charge is 0.371 e. The van der Waals surface area contributed by atoms with Crippen molar-refractivity contribution in [1.82, 2.24) is 14.8 Å². The Morgan fingerprint density at radius 1 is 1.45 bits per heavy atom. The fourth-order valence-electron chi connectivity index (χ4n) is 2.12. The van der Waals surface area contributed by atoms with E-state index in [1.807, 2.05) is 13.8 Å². The Morgan fingerprint density at radius 3 is 2.90 bits per heavy atom.